The lowest BCUT2D eigenvalue weighted by molar-refractivity contribution is 0.545. The van der Waals surface area contributed by atoms with E-state index >= 15 is 0 Å². The van der Waals surface area contributed by atoms with Crippen LogP contribution in [-0.2, 0) is 7.05 Å². The minimum Gasteiger partial charge on any atom is -0.349 e. The van der Waals surface area contributed by atoms with E-state index in [0.29, 0.717) is 0 Å². The molecule has 0 amide bonds. The Bertz CT molecular complexity index is 1030. The average molecular weight is 377 g/mol. The van der Waals surface area contributed by atoms with Crippen molar-refractivity contribution in [2.24, 2.45) is 16.4 Å². The summed E-state index contributed by atoms with van der Waals surface area (Å²) in [5.74, 6) is 0.968. The van der Waals surface area contributed by atoms with Gasteiger partial charge < -0.3 is 4.57 Å². The number of aliphatic imine (C=N–C) groups is 1. The molecule has 3 aromatic rings. The second-order valence-electron chi connectivity index (χ2n) is 6.15. The van der Waals surface area contributed by atoms with Crippen molar-refractivity contribution in [1.82, 2.24) is 9.47 Å². The molecule has 4 nitrogen and oxygen atoms in total. The summed E-state index contributed by atoms with van der Waals surface area (Å²) in [6, 6.07) is 18.9. The molecular formula is C20H16N4S2. The molecule has 1 aromatic carbocycles. The highest BCUT2D eigenvalue weighted by Gasteiger charge is 2.36. The zero-order valence-electron chi connectivity index (χ0n) is 14.1. The second-order valence-corrected chi connectivity index (χ2v) is 7.86. The van der Waals surface area contributed by atoms with E-state index in [2.05, 4.69) is 70.6 Å². The number of hydrogen-bond donors (Lipinski definition) is 0. The fourth-order valence-electron chi connectivity index (χ4n) is 3.27. The van der Waals surface area contributed by atoms with Crippen molar-refractivity contribution in [3.8, 4) is 0 Å². The largest absolute Gasteiger partial charge is 0.349 e. The van der Waals surface area contributed by atoms with Gasteiger partial charge in [-0.2, -0.15) is 4.40 Å². The van der Waals surface area contributed by atoms with Gasteiger partial charge in [-0.3, -0.25) is 4.90 Å². The van der Waals surface area contributed by atoms with Gasteiger partial charge in [-0.1, -0.05) is 36.4 Å². The van der Waals surface area contributed by atoms with Crippen LogP contribution < -0.4 is 0 Å². The smallest absolute Gasteiger partial charge is 0.194 e. The molecule has 26 heavy (non-hydrogen) atoms. The van der Waals surface area contributed by atoms with Gasteiger partial charge in [0.15, 0.2) is 11.0 Å². The first-order valence-corrected chi connectivity index (χ1v) is 10.0. The van der Waals surface area contributed by atoms with E-state index in [-0.39, 0.29) is 6.04 Å². The quantitative estimate of drug-likeness (QED) is 0.606. The number of fused-ring (bicyclic) bond motifs is 1. The van der Waals surface area contributed by atoms with Gasteiger partial charge >= 0.3 is 0 Å². The number of aryl methyl sites for hydroxylation is 1. The molecule has 0 saturated carbocycles. The van der Waals surface area contributed by atoms with E-state index in [0.717, 1.165) is 28.0 Å². The van der Waals surface area contributed by atoms with Crippen molar-refractivity contribution < 1.29 is 0 Å². The summed E-state index contributed by atoms with van der Waals surface area (Å²) < 4.78 is 6.85. The molecule has 0 saturated heterocycles. The van der Waals surface area contributed by atoms with E-state index in [9.17, 15) is 0 Å². The molecular weight excluding hydrogens is 360 g/mol. The molecule has 0 aliphatic carbocycles. The van der Waals surface area contributed by atoms with E-state index in [1.54, 1.807) is 11.3 Å². The number of hydrogen-bond acceptors (Lipinski definition) is 5. The van der Waals surface area contributed by atoms with Crippen LogP contribution in [0.25, 0.3) is 5.70 Å². The third kappa shape index (κ3) is 2.53. The molecule has 1 unspecified atom stereocenters. The number of thiophene rings is 1. The summed E-state index contributed by atoms with van der Waals surface area (Å²) in [6.07, 6.45) is 4.30. The van der Waals surface area contributed by atoms with Gasteiger partial charge in [0.25, 0.3) is 0 Å². The third-order valence-electron chi connectivity index (χ3n) is 4.53. The lowest BCUT2D eigenvalue weighted by Crippen LogP contribution is -2.36. The number of nitrogens with zero attached hydrogens (tertiary/aromatic N) is 4. The van der Waals surface area contributed by atoms with Crippen LogP contribution in [0.1, 0.15) is 22.2 Å². The minimum atomic E-state index is 0.0985. The normalized spacial score (nSPS) is 19.0. The van der Waals surface area contributed by atoms with Crippen LogP contribution in [0.5, 0.6) is 0 Å². The van der Waals surface area contributed by atoms with E-state index in [1.165, 1.54) is 16.8 Å². The van der Waals surface area contributed by atoms with Gasteiger partial charge in [-0.15, -0.1) is 11.3 Å². The van der Waals surface area contributed by atoms with Crippen LogP contribution in [0.2, 0.25) is 0 Å². The van der Waals surface area contributed by atoms with Gasteiger partial charge in [0, 0.05) is 23.7 Å². The summed E-state index contributed by atoms with van der Waals surface area (Å²) >= 11 is 3.22. The van der Waals surface area contributed by atoms with Crippen molar-refractivity contribution in [2.75, 3.05) is 0 Å². The Morgan fingerprint density at radius 3 is 2.62 bits per heavy atom. The monoisotopic (exact) mass is 376 g/mol. The van der Waals surface area contributed by atoms with Crippen molar-refractivity contribution in [2.45, 2.75) is 6.04 Å². The van der Waals surface area contributed by atoms with E-state index in [1.807, 2.05) is 18.2 Å². The van der Waals surface area contributed by atoms with Crippen LogP contribution in [0.15, 0.2) is 81.6 Å². The minimum absolute atomic E-state index is 0.0985. The van der Waals surface area contributed by atoms with Crippen LogP contribution in [0.3, 0.4) is 0 Å². The second kappa shape index (κ2) is 6.30. The fraction of sp³-hybridized carbons (Fsp3) is 0.100. The molecule has 0 N–H and O–H groups in total. The molecule has 128 valence electrons. The summed E-state index contributed by atoms with van der Waals surface area (Å²) in [6.45, 7) is 0. The molecule has 0 fully saturated rings. The molecule has 0 radical (unpaired) electrons. The molecule has 2 aliphatic heterocycles. The van der Waals surface area contributed by atoms with Crippen LogP contribution in [0.4, 0.5) is 0 Å². The van der Waals surface area contributed by atoms with Gasteiger partial charge in [0.1, 0.15) is 0 Å². The first-order valence-electron chi connectivity index (χ1n) is 8.36. The zero-order valence-corrected chi connectivity index (χ0v) is 15.7. The maximum atomic E-state index is 4.92. The SMILES string of the molecule is Cn1cccc1C1=CC(c2cccs2)N2C(=N1)SN=C2c1ccccc1. The number of benzene rings is 1. The van der Waals surface area contributed by atoms with E-state index in [4.69, 9.17) is 9.39 Å². The maximum Gasteiger partial charge on any atom is 0.194 e. The average Bonchev–Trinajstić information content (AvgIpc) is 3.42. The lowest BCUT2D eigenvalue weighted by atomic mass is 10.1. The molecule has 1 atom stereocenters. The summed E-state index contributed by atoms with van der Waals surface area (Å²) in [4.78, 5) is 8.45. The fourth-order valence-corrected chi connectivity index (χ4v) is 4.84. The highest BCUT2D eigenvalue weighted by Crippen LogP contribution is 2.41. The van der Waals surface area contributed by atoms with Crippen molar-refractivity contribution in [1.29, 1.82) is 0 Å². The molecule has 0 spiro atoms. The van der Waals surface area contributed by atoms with Crippen LogP contribution in [0, 0.1) is 0 Å². The maximum absolute atomic E-state index is 4.92. The molecule has 0 bridgehead atoms. The predicted octanol–water partition coefficient (Wildman–Crippen LogP) is 4.95. The Balaban J connectivity index is 1.62. The van der Waals surface area contributed by atoms with Gasteiger partial charge in [-0.05, 0) is 29.7 Å². The number of aromatic nitrogens is 1. The Hall–Kier alpha value is -2.57. The first kappa shape index (κ1) is 15.7. The molecule has 2 aromatic heterocycles. The summed E-state index contributed by atoms with van der Waals surface area (Å²) in [5, 5.41) is 3.06. The van der Waals surface area contributed by atoms with E-state index < -0.39 is 0 Å². The van der Waals surface area contributed by atoms with Crippen LogP contribution in [-0.4, -0.2) is 20.5 Å². The Morgan fingerprint density at radius 1 is 1.00 bits per heavy atom. The van der Waals surface area contributed by atoms with Crippen LogP contribution >= 0.6 is 23.3 Å². The summed E-state index contributed by atoms with van der Waals surface area (Å²) in [7, 11) is 2.05. The predicted molar refractivity (Wildman–Crippen MR) is 110 cm³/mol. The Kier molecular flexibility index (Phi) is 3.80. The van der Waals surface area contributed by atoms with Gasteiger partial charge in [-0.25, -0.2) is 4.99 Å². The summed E-state index contributed by atoms with van der Waals surface area (Å²) in [5.41, 5.74) is 3.23. The third-order valence-corrected chi connectivity index (χ3v) is 6.19. The molecule has 5 rings (SSSR count). The highest BCUT2D eigenvalue weighted by molar-refractivity contribution is 8.13. The van der Waals surface area contributed by atoms with Gasteiger partial charge in [0.2, 0.25) is 0 Å². The molecule has 2 aliphatic rings. The zero-order chi connectivity index (χ0) is 17.5. The molecule has 6 heteroatoms. The lowest BCUT2D eigenvalue weighted by Gasteiger charge is -2.31. The van der Waals surface area contributed by atoms with Crippen molar-refractivity contribution in [3.05, 3.63) is 88.4 Å². The Morgan fingerprint density at radius 2 is 1.88 bits per heavy atom. The standard InChI is InChI=1S/C20H16N4S2/c1-23-11-5-9-16(23)15-13-17(18-10-6-12-25-18)24-19(22-26-20(24)21-15)14-7-3-2-4-8-14/h2-13,17H,1H3. The Labute approximate surface area is 160 Å². The highest BCUT2D eigenvalue weighted by atomic mass is 32.2. The van der Waals surface area contributed by atoms with Crippen molar-refractivity contribution in [3.63, 3.8) is 0 Å². The first-order chi connectivity index (χ1) is 12.8. The number of amidine groups is 2. The molecule has 4 heterocycles. The topological polar surface area (TPSA) is 32.9 Å². The number of rotatable bonds is 3. The van der Waals surface area contributed by atoms with Crippen molar-refractivity contribution >= 4 is 40.0 Å². The van der Waals surface area contributed by atoms with Gasteiger partial charge in [0.05, 0.1) is 29.4 Å².